The van der Waals surface area contributed by atoms with Gasteiger partial charge in [0.25, 0.3) is 0 Å². The molecular weight excluding hydrogens is 204 g/mol. The van der Waals surface area contributed by atoms with Crippen molar-refractivity contribution in [2.24, 2.45) is 11.1 Å². The molecule has 0 radical (unpaired) electrons. The summed E-state index contributed by atoms with van der Waals surface area (Å²) in [7, 11) is 0. The molecule has 1 aliphatic rings. The fraction of sp³-hybridized carbons (Fsp3) is 0.917. The third kappa shape index (κ3) is 4.47. The van der Waals surface area contributed by atoms with E-state index in [2.05, 4.69) is 18.7 Å². The summed E-state index contributed by atoms with van der Waals surface area (Å²) in [6.07, 6.45) is 6.48. The van der Waals surface area contributed by atoms with Gasteiger partial charge in [-0.15, -0.1) is 0 Å². The molecule has 0 amide bonds. The average Bonchev–Trinajstić information content (AvgIpc) is 2.19. The van der Waals surface area contributed by atoms with Gasteiger partial charge >= 0.3 is 0 Å². The standard InChI is InChI=1S/C12H24N2S/c1-12(2,11(13)15)7-6-10-14-8-4-3-5-9-14/h3-10H2,1-2H3,(H2,13,15). The van der Waals surface area contributed by atoms with Crippen LogP contribution in [-0.2, 0) is 0 Å². The van der Waals surface area contributed by atoms with E-state index in [-0.39, 0.29) is 5.41 Å². The Hall–Kier alpha value is -0.150. The van der Waals surface area contributed by atoms with Crippen molar-refractivity contribution in [2.45, 2.75) is 46.0 Å². The lowest BCUT2D eigenvalue weighted by Crippen LogP contribution is -2.33. The summed E-state index contributed by atoms with van der Waals surface area (Å²) in [5, 5.41) is 0. The minimum absolute atomic E-state index is 0.0329. The third-order valence-corrected chi connectivity index (χ3v) is 3.94. The lowest BCUT2D eigenvalue weighted by Gasteiger charge is -2.28. The van der Waals surface area contributed by atoms with E-state index in [0.717, 1.165) is 6.42 Å². The molecule has 2 nitrogen and oxygen atoms in total. The maximum absolute atomic E-state index is 5.71. The van der Waals surface area contributed by atoms with Crippen LogP contribution in [0.25, 0.3) is 0 Å². The first kappa shape index (κ1) is 12.9. The number of piperidine rings is 1. The van der Waals surface area contributed by atoms with E-state index in [0.29, 0.717) is 4.99 Å². The second-order valence-electron chi connectivity index (χ2n) is 5.25. The van der Waals surface area contributed by atoms with Crippen LogP contribution in [0, 0.1) is 5.41 Å². The number of hydrogen-bond donors (Lipinski definition) is 1. The SMILES string of the molecule is CC(C)(CCCN1CCCCC1)C(N)=S. The average molecular weight is 228 g/mol. The number of hydrogen-bond acceptors (Lipinski definition) is 2. The highest BCUT2D eigenvalue weighted by Gasteiger charge is 2.21. The molecule has 0 unspecified atom stereocenters. The maximum Gasteiger partial charge on any atom is 0.0784 e. The molecule has 1 saturated heterocycles. The van der Waals surface area contributed by atoms with Crippen LogP contribution in [-0.4, -0.2) is 29.5 Å². The molecule has 0 aromatic rings. The van der Waals surface area contributed by atoms with Gasteiger partial charge in [0.2, 0.25) is 0 Å². The highest BCUT2D eigenvalue weighted by Crippen LogP contribution is 2.23. The van der Waals surface area contributed by atoms with Gasteiger partial charge in [-0.3, -0.25) is 0 Å². The molecule has 1 aliphatic heterocycles. The van der Waals surface area contributed by atoms with E-state index in [4.69, 9.17) is 18.0 Å². The zero-order valence-electron chi connectivity index (χ0n) is 10.1. The van der Waals surface area contributed by atoms with Crippen LogP contribution in [0.2, 0.25) is 0 Å². The zero-order chi connectivity index (χ0) is 11.3. The van der Waals surface area contributed by atoms with E-state index >= 15 is 0 Å². The fourth-order valence-corrected chi connectivity index (χ4v) is 2.15. The lowest BCUT2D eigenvalue weighted by molar-refractivity contribution is 0.218. The second-order valence-corrected chi connectivity index (χ2v) is 5.69. The Morgan fingerprint density at radius 1 is 1.27 bits per heavy atom. The minimum Gasteiger partial charge on any atom is -0.393 e. The van der Waals surface area contributed by atoms with Crippen LogP contribution in [0.15, 0.2) is 0 Å². The highest BCUT2D eigenvalue weighted by molar-refractivity contribution is 7.80. The summed E-state index contributed by atoms with van der Waals surface area (Å²) >= 11 is 5.07. The largest absolute Gasteiger partial charge is 0.393 e. The first-order valence-electron chi connectivity index (χ1n) is 6.05. The van der Waals surface area contributed by atoms with Crippen molar-refractivity contribution in [3.05, 3.63) is 0 Å². The molecule has 15 heavy (non-hydrogen) atoms. The van der Waals surface area contributed by atoms with E-state index in [9.17, 15) is 0 Å². The molecule has 0 saturated carbocycles. The lowest BCUT2D eigenvalue weighted by atomic mass is 9.88. The Kier molecular flexibility index (Phi) is 5.00. The molecule has 0 aromatic carbocycles. The van der Waals surface area contributed by atoms with Crippen LogP contribution in [0.3, 0.4) is 0 Å². The maximum atomic E-state index is 5.71. The third-order valence-electron chi connectivity index (χ3n) is 3.39. The number of nitrogens with zero attached hydrogens (tertiary/aromatic N) is 1. The molecule has 2 N–H and O–H groups in total. The quantitative estimate of drug-likeness (QED) is 0.733. The van der Waals surface area contributed by atoms with Gasteiger partial charge in [0.15, 0.2) is 0 Å². The van der Waals surface area contributed by atoms with E-state index in [1.54, 1.807) is 0 Å². The van der Waals surface area contributed by atoms with Crippen molar-refractivity contribution in [2.75, 3.05) is 19.6 Å². The number of nitrogens with two attached hydrogens (primary N) is 1. The van der Waals surface area contributed by atoms with E-state index in [1.807, 2.05) is 0 Å². The first-order valence-corrected chi connectivity index (χ1v) is 6.45. The topological polar surface area (TPSA) is 29.3 Å². The van der Waals surface area contributed by atoms with Crippen molar-refractivity contribution in [1.82, 2.24) is 4.90 Å². The van der Waals surface area contributed by atoms with Gasteiger partial charge < -0.3 is 10.6 Å². The van der Waals surface area contributed by atoms with Gasteiger partial charge in [-0.2, -0.15) is 0 Å². The predicted octanol–water partition coefficient (Wildman–Crippen LogP) is 2.56. The summed E-state index contributed by atoms with van der Waals surface area (Å²) in [4.78, 5) is 3.22. The number of rotatable bonds is 5. The molecule has 1 rings (SSSR count). The normalized spacial score (nSPS) is 19.1. The van der Waals surface area contributed by atoms with Gasteiger partial charge in [-0.25, -0.2) is 0 Å². The van der Waals surface area contributed by atoms with Crippen molar-refractivity contribution >= 4 is 17.2 Å². The summed E-state index contributed by atoms with van der Waals surface area (Å²) in [6.45, 7) is 8.07. The summed E-state index contributed by atoms with van der Waals surface area (Å²) in [6, 6.07) is 0. The van der Waals surface area contributed by atoms with Crippen molar-refractivity contribution in [3.8, 4) is 0 Å². The number of thiocarbonyl (C=S) groups is 1. The molecular formula is C12H24N2S. The van der Waals surface area contributed by atoms with Gasteiger partial charge in [-0.1, -0.05) is 32.5 Å². The molecule has 0 aromatic heterocycles. The highest BCUT2D eigenvalue weighted by atomic mass is 32.1. The minimum atomic E-state index is 0.0329. The predicted molar refractivity (Wildman–Crippen MR) is 70.1 cm³/mol. The molecule has 0 spiro atoms. The smallest absolute Gasteiger partial charge is 0.0784 e. The van der Waals surface area contributed by atoms with Crippen molar-refractivity contribution < 1.29 is 0 Å². The molecule has 1 fully saturated rings. The number of likely N-dealkylation sites (tertiary alicyclic amines) is 1. The second kappa shape index (κ2) is 5.80. The molecule has 0 aliphatic carbocycles. The zero-order valence-corrected chi connectivity index (χ0v) is 10.9. The van der Waals surface area contributed by atoms with Crippen LogP contribution in [0.5, 0.6) is 0 Å². The molecule has 88 valence electrons. The van der Waals surface area contributed by atoms with Crippen LogP contribution < -0.4 is 5.73 Å². The van der Waals surface area contributed by atoms with Gasteiger partial charge in [0.1, 0.15) is 0 Å². The Bertz CT molecular complexity index is 208. The Morgan fingerprint density at radius 3 is 2.40 bits per heavy atom. The van der Waals surface area contributed by atoms with E-state index in [1.165, 1.54) is 45.3 Å². The molecule has 3 heteroatoms. The Labute approximate surface area is 99.2 Å². The Balaban J connectivity index is 2.17. The van der Waals surface area contributed by atoms with Crippen LogP contribution in [0.1, 0.15) is 46.0 Å². The van der Waals surface area contributed by atoms with E-state index < -0.39 is 0 Å². The van der Waals surface area contributed by atoms with Gasteiger partial charge in [0.05, 0.1) is 4.99 Å². The van der Waals surface area contributed by atoms with Gasteiger partial charge in [0, 0.05) is 5.41 Å². The molecule has 0 atom stereocenters. The van der Waals surface area contributed by atoms with Crippen molar-refractivity contribution in [1.29, 1.82) is 0 Å². The Morgan fingerprint density at radius 2 is 1.87 bits per heavy atom. The summed E-state index contributed by atoms with van der Waals surface area (Å²) in [5.74, 6) is 0. The van der Waals surface area contributed by atoms with Crippen LogP contribution >= 0.6 is 12.2 Å². The monoisotopic (exact) mass is 228 g/mol. The summed E-state index contributed by atoms with van der Waals surface area (Å²) < 4.78 is 0. The van der Waals surface area contributed by atoms with Crippen LogP contribution in [0.4, 0.5) is 0 Å². The molecule has 1 heterocycles. The van der Waals surface area contributed by atoms with Crippen molar-refractivity contribution in [3.63, 3.8) is 0 Å². The fourth-order valence-electron chi connectivity index (χ4n) is 2.05. The van der Waals surface area contributed by atoms with Gasteiger partial charge in [-0.05, 0) is 45.3 Å². The molecule has 0 bridgehead atoms. The summed E-state index contributed by atoms with van der Waals surface area (Å²) in [5.41, 5.74) is 5.74. The first-order chi connectivity index (χ1) is 7.02.